The molecular weight excluding hydrogens is 478 g/mol. The maximum Gasteiger partial charge on any atom is 0.411 e. The van der Waals surface area contributed by atoms with Crippen LogP contribution in [0.4, 0.5) is 26.3 Å². The van der Waals surface area contributed by atoms with Gasteiger partial charge in [0, 0.05) is 13.2 Å². The van der Waals surface area contributed by atoms with Gasteiger partial charge in [-0.3, -0.25) is 0 Å². The molecule has 0 aromatic heterocycles. The highest BCUT2D eigenvalue weighted by molar-refractivity contribution is 5.47. The van der Waals surface area contributed by atoms with E-state index in [0.29, 0.717) is 38.5 Å². The zero-order valence-corrected chi connectivity index (χ0v) is 19.2. The zero-order chi connectivity index (χ0) is 26.0. The summed E-state index contributed by atoms with van der Waals surface area (Å²) in [5.41, 5.74) is -6.18. The number of aliphatic hydroxyl groups is 2. The first kappa shape index (κ1) is 28.8. The summed E-state index contributed by atoms with van der Waals surface area (Å²) in [6.45, 7) is 0.516. The Bertz CT molecular complexity index is 790. The molecule has 0 heterocycles. The first-order chi connectivity index (χ1) is 16.6. The minimum absolute atomic E-state index is 0.0311. The molecule has 0 aliphatic heterocycles. The van der Waals surface area contributed by atoms with Crippen LogP contribution in [0.1, 0.15) is 49.7 Å². The van der Waals surface area contributed by atoms with Crippen LogP contribution in [0.3, 0.4) is 0 Å². The van der Waals surface area contributed by atoms with E-state index in [0.717, 1.165) is 48.5 Å². The van der Waals surface area contributed by atoms with E-state index in [-0.39, 0.29) is 37.9 Å². The second-order valence-corrected chi connectivity index (χ2v) is 8.06. The molecule has 2 aromatic carbocycles. The fraction of sp³-hybridized carbons (Fsp3) is 0.520. The Morgan fingerprint density at radius 2 is 0.857 bits per heavy atom. The fourth-order valence-electron chi connectivity index (χ4n) is 3.75. The molecule has 0 aliphatic rings. The molecule has 4 nitrogen and oxygen atoms in total. The standard InChI is InChI=1S/C25H30F6O4/c26-24(27,28)23(25(29,30)31,19-7-11-21(12-8-19)34-17-5-1-3-15-32)20-9-13-22(14-10-20)35-18-6-2-4-16-33/h7-14,32-33H,1-6,15-18H2. The van der Waals surface area contributed by atoms with Gasteiger partial charge in [-0.2, -0.15) is 26.3 Å². The normalized spacial score (nSPS) is 12.6. The van der Waals surface area contributed by atoms with E-state index >= 15 is 0 Å². The number of rotatable bonds is 14. The Labute approximate surface area is 200 Å². The molecule has 2 aromatic rings. The molecule has 0 radical (unpaired) electrons. The molecule has 10 heteroatoms. The third-order valence-corrected chi connectivity index (χ3v) is 5.57. The molecular formula is C25H30F6O4. The number of ether oxygens (including phenoxy) is 2. The van der Waals surface area contributed by atoms with Crippen LogP contribution >= 0.6 is 0 Å². The van der Waals surface area contributed by atoms with Crippen molar-refractivity contribution in [2.24, 2.45) is 0 Å². The topological polar surface area (TPSA) is 58.9 Å². The average Bonchev–Trinajstić information content (AvgIpc) is 2.79. The maximum atomic E-state index is 14.3. The van der Waals surface area contributed by atoms with Crippen LogP contribution < -0.4 is 9.47 Å². The SMILES string of the molecule is OCCCCCOc1ccc(C(c2ccc(OCCCCCO)cc2)(C(F)(F)F)C(F)(F)F)cc1. The van der Waals surface area contributed by atoms with Gasteiger partial charge >= 0.3 is 12.4 Å². The Morgan fingerprint density at radius 1 is 0.514 bits per heavy atom. The monoisotopic (exact) mass is 508 g/mol. The van der Waals surface area contributed by atoms with Crippen LogP contribution in [0.5, 0.6) is 11.5 Å². The van der Waals surface area contributed by atoms with Crippen molar-refractivity contribution in [3.05, 3.63) is 59.7 Å². The van der Waals surface area contributed by atoms with Crippen LogP contribution in [0.25, 0.3) is 0 Å². The number of alkyl halides is 6. The van der Waals surface area contributed by atoms with Gasteiger partial charge in [-0.1, -0.05) is 24.3 Å². The highest BCUT2D eigenvalue weighted by Crippen LogP contribution is 2.56. The third-order valence-electron chi connectivity index (χ3n) is 5.57. The molecule has 0 amide bonds. The lowest BCUT2D eigenvalue weighted by molar-refractivity contribution is -0.288. The second-order valence-electron chi connectivity index (χ2n) is 8.06. The van der Waals surface area contributed by atoms with Gasteiger partial charge in [0.05, 0.1) is 13.2 Å². The van der Waals surface area contributed by atoms with Crippen molar-refractivity contribution in [2.45, 2.75) is 56.3 Å². The number of benzene rings is 2. The van der Waals surface area contributed by atoms with Crippen molar-refractivity contribution in [3.63, 3.8) is 0 Å². The van der Waals surface area contributed by atoms with Gasteiger partial charge in [-0.25, -0.2) is 0 Å². The fourth-order valence-corrected chi connectivity index (χ4v) is 3.75. The van der Waals surface area contributed by atoms with Crippen molar-refractivity contribution < 1.29 is 46.0 Å². The summed E-state index contributed by atoms with van der Waals surface area (Å²) in [6.07, 6.45) is -7.65. The first-order valence-corrected chi connectivity index (χ1v) is 11.4. The highest BCUT2D eigenvalue weighted by atomic mass is 19.4. The van der Waals surface area contributed by atoms with Crippen molar-refractivity contribution in [1.29, 1.82) is 0 Å². The predicted octanol–water partition coefficient (Wildman–Crippen LogP) is 6.18. The van der Waals surface area contributed by atoms with E-state index in [1.165, 1.54) is 0 Å². The molecule has 0 atom stereocenters. The van der Waals surface area contributed by atoms with E-state index in [1.807, 2.05) is 0 Å². The third kappa shape index (κ3) is 7.27. The number of hydrogen-bond donors (Lipinski definition) is 2. The summed E-state index contributed by atoms with van der Waals surface area (Å²) < 4.78 is 96.4. The van der Waals surface area contributed by atoms with Crippen LogP contribution in [0, 0.1) is 0 Å². The van der Waals surface area contributed by atoms with E-state index in [4.69, 9.17) is 19.7 Å². The predicted molar refractivity (Wildman–Crippen MR) is 119 cm³/mol. The van der Waals surface area contributed by atoms with Crippen LogP contribution in [0.2, 0.25) is 0 Å². The summed E-state index contributed by atoms with van der Waals surface area (Å²) in [6, 6.07) is 7.53. The van der Waals surface area contributed by atoms with Gasteiger partial charge < -0.3 is 19.7 Å². The maximum absolute atomic E-state index is 14.3. The average molecular weight is 508 g/mol. The van der Waals surface area contributed by atoms with E-state index in [2.05, 4.69) is 0 Å². The lowest BCUT2D eigenvalue weighted by Gasteiger charge is -2.38. The molecule has 35 heavy (non-hydrogen) atoms. The Morgan fingerprint density at radius 3 is 1.14 bits per heavy atom. The number of hydrogen-bond acceptors (Lipinski definition) is 4. The van der Waals surface area contributed by atoms with E-state index < -0.39 is 28.9 Å². The summed E-state index contributed by atoms with van der Waals surface area (Å²) in [4.78, 5) is 0. The first-order valence-electron chi connectivity index (χ1n) is 11.4. The molecule has 0 aliphatic carbocycles. The van der Waals surface area contributed by atoms with E-state index in [9.17, 15) is 26.3 Å². The Kier molecular flexibility index (Phi) is 10.7. The Balaban J connectivity index is 2.31. The van der Waals surface area contributed by atoms with Gasteiger partial charge in [-0.05, 0) is 73.9 Å². The molecule has 0 fully saturated rings. The lowest BCUT2D eigenvalue weighted by Crippen LogP contribution is -2.54. The number of unbranched alkanes of at least 4 members (excludes halogenated alkanes) is 4. The molecule has 0 saturated carbocycles. The summed E-state index contributed by atoms with van der Waals surface area (Å²) >= 11 is 0. The molecule has 196 valence electrons. The second kappa shape index (κ2) is 13.0. The Hall–Kier alpha value is -2.46. The van der Waals surface area contributed by atoms with Gasteiger partial charge in [-0.15, -0.1) is 0 Å². The van der Waals surface area contributed by atoms with Crippen LogP contribution in [-0.2, 0) is 5.41 Å². The van der Waals surface area contributed by atoms with Crippen LogP contribution in [0.15, 0.2) is 48.5 Å². The zero-order valence-electron chi connectivity index (χ0n) is 19.2. The minimum Gasteiger partial charge on any atom is -0.494 e. The molecule has 0 bridgehead atoms. The summed E-state index contributed by atoms with van der Waals surface area (Å²) in [7, 11) is 0. The smallest absolute Gasteiger partial charge is 0.411 e. The van der Waals surface area contributed by atoms with Gasteiger partial charge in [0.25, 0.3) is 0 Å². The quantitative estimate of drug-likeness (QED) is 0.236. The lowest BCUT2D eigenvalue weighted by atomic mass is 9.73. The summed E-state index contributed by atoms with van der Waals surface area (Å²) in [5.74, 6) is 0.307. The van der Waals surface area contributed by atoms with Gasteiger partial charge in [0.1, 0.15) is 11.5 Å². The van der Waals surface area contributed by atoms with Gasteiger partial charge in [0.2, 0.25) is 5.41 Å². The number of aliphatic hydroxyl groups excluding tert-OH is 2. The highest BCUT2D eigenvalue weighted by Gasteiger charge is 2.72. The van der Waals surface area contributed by atoms with Crippen LogP contribution in [-0.4, -0.2) is 49.0 Å². The van der Waals surface area contributed by atoms with E-state index in [1.54, 1.807) is 0 Å². The number of halogens is 6. The molecule has 0 saturated heterocycles. The molecule has 2 rings (SSSR count). The molecule has 0 spiro atoms. The molecule has 0 unspecified atom stereocenters. The summed E-state index contributed by atoms with van der Waals surface area (Å²) in [5, 5.41) is 17.5. The van der Waals surface area contributed by atoms with Crippen molar-refractivity contribution >= 4 is 0 Å². The van der Waals surface area contributed by atoms with Crippen molar-refractivity contribution in [3.8, 4) is 11.5 Å². The van der Waals surface area contributed by atoms with Gasteiger partial charge in [0.15, 0.2) is 0 Å². The molecule has 2 N–H and O–H groups in total. The largest absolute Gasteiger partial charge is 0.494 e. The minimum atomic E-state index is -5.68. The van der Waals surface area contributed by atoms with Crippen molar-refractivity contribution in [1.82, 2.24) is 0 Å². The van der Waals surface area contributed by atoms with Crippen molar-refractivity contribution in [2.75, 3.05) is 26.4 Å².